The standard InChI is InChI=1S/C24H36N6O4/c1-17(31)30-12-7-19-18(16-30)5-3-4-8-24(23(34)25-15-21(32)27-19)9-13-29(14-10-24)22(33)20-6-11-26-28(20)2/h6,11,18-19H,3-5,7-10,12-16H2,1-2H3,(H,25,34)(H,27,32)/t18-,19+/m0/s1. The SMILES string of the molecule is CC(=O)N1CC[C@H]2NC(=O)CNC(=O)C3(CCCC[C@H]2C1)CCN(C(=O)c1ccnn1C)CC3. The van der Waals surface area contributed by atoms with Crippen LogP contribution in [0.4, 0.5) is 0 Å². The van der Waals surface area contributed by atoms with E-state index in [-0.39, 0.29) is 42.1 Å². The zero-order chi connectivity index (χ0) is 24.3. The van der Waals surface area contributed by atoms with E-state index in [1.807, 2.05) is 4.90 Å². The summed E-state index contributed by atoms with van der Waals surface area (Å²) in [6.45, 7) is 3.88. The molecule has 1 aromatic heterocycles. The second-order valence-electron chi connectivity index (χ2n) is 10.0. The van der Waals surface area contributed by atoms with Gasteiger partial charge in [-0.2, -0.15) is 5.10 Å². The fourth-order valence-corrected chi connectivity index (χ4v) is 5.75. The van der Waals surface area contributed by atoms with Crippen molar-refractivity contribution >= 4 is 23.6 Å². The summed E-state index contributed by atoms with van der Waals surface area (Å²) >= 11 is 0. The maximum Gasteiger partial charge on any atom is 0.272 e. The number of nitrogens with one attached hydrogen (secondary N) is 2. The number of piperidine rings is 2. The summed E-state index contributed by atoms with van der Waals surface area (Å²) in [4.78, 5) is 54.3. The van der Waals surface area contributed by atoms with E-state index in [0.717, 1.165) is 32.1 Å². The lowest BCUT2D eigenvalue weighted by Gasteiger charge is -2.42. The smallest absolute Gasteiger partial charge is 0.272 e. The Morgan fingerprint density at radius 1 is 1.06 bits per heavy atom. The number of aromatic nitrogens is 2. The molecule has 4 amide bonds. The van der Waals surface area contributed by atoms with Crippen LogP contribution in [0.15, 0.2) is 12.3 Å². The monoisotopic (exact) mass is 472 g/mol. The molecule has 0 aromatic carbocycles. The summed E-state index contributed by atoms with van der Waals surface area (Å²) in [5, 5.41) is 10.1. The molecule has 4 heterocycles. The van der Waals surface area contributed by atoms with Crippen LogP contribution in [0.1, 0.15) is 62.4 Å². The van der Waals surface area contributed by atoms with E-state index in [2.05, 4.69) is 15.7 Å². The van der Waals surface area contributed by atoms with Crippen LogP contribution < -0.4 is 10.6 Å². The van der Waals surface area contributed by atoms with Crippen molar-refractivity contribution in [2.75, 3.05) is 32.7 Å². The van der Waals surface area contributed by atoms with Crippen molar-refractivity contribution in [3.63, 3.8) is 0 Å². The summed E-state index contributed by atoms with van der Waals surface area (Å²) in [6.07, 6.45) is 7.00. The third-order valence-corrected chi connectivity index (χ3v) is 7.94. The summed E-state index contributed by atoms with van der Waals surface area (Å²) in [6, 6.07) is 1.74. The van der Waals surface area contributed by atoms with Crippen molar-refractivity contribution in [2.45, 2.75) is 57.9 Å². The highest BCUT2D eigenvalue weighted by Gasteiger charge is 2.42. The van der Waals surface area contributed by atoms with Gasteiger partial charge in [-0.05, 0) is 44.1 Å². The predicted molar refractivity (Wildman–Crippen MR) is 125 cm³/mol. The molecule has 0 saturated carbocycles. The first-order valence-corrected chi connectivity index (χ1v) is 12.4. The highest BCUT2D eigenvalue weighted by molar-refractivity contribution is 5.93. The van der Waals surface area contributed by atoms with Gasteiger partial charge in [0.1, 0.15) is 5.69 Å². The van der Waals surface area contributed by atoms with E-state index in [9.17, 15) is 19.2 Å². The van der Waals surface area contributed by atoms with Gasteiger partial charge in [0, 0.05) is 52.4 Å². The molecule has 3 fully saturated rings. The molecule has 1 aromatic rings. The number of carbonyl (C=O) groups excluding carboxylic acids is 4. The highest BCUT2D eigenvalue weighted by Crippen LogP contribution is 2.38. The Labute approximate surface area is 200 Å². The Balaban J connectivity index is 1.41. The number of nitrogens with zero attached hydrogens (tertiary/aromatic N) is 4. The van der Waals surface area contributed by atoms with Crippen molar-refractivity contribution in [3.05, 3.63) is 18.0 Å². The van der Waals surface area contributed by atoms with Crippen LogP contribution >= 0.6 is 0 Å². The molecule has 3 aliphatic heterocycles. The van der Waals surface area contributed by atoms with Crippen molar-refractivity contribution in [1.82, 2.24) is 30.2 Å². The Kier molecular flexibility index (Phi) is 7.23. The summed E-state index contributed by atoms with van der Waals surface area (Å²) < 4.78 is 1.57. The molecule has 10 nitrogen and oxygen atoms in total. The van der Waals surface area contributed by atoms with Crippen LogP contribution in [-0.4, -0.2) is 82.0 Å². The van der Waals surface area contributed by atoms with Gasteiger partial charge in [-0.3, -0.25) is 23.9 Å². The number of hydrogen-bond donors (Lipinski definition) is 2. The molecule has 0 radical (unpaired) electrons. The number of aryl methyl sites for hydroxylation is 1. The Hall–Kier alpha value is -2.91. The first-order valence-electron chi connectivity index (χ1n) is 12.4. The zero-order valence-electron chi connectivity index (χ0n) is 20.2. The minimum absolute atomic E-state index is 0.0367. The summed E-state index contributed by atoms with van der Waals surface area (Å²) in [5.74, 6) is -0.0280. The van der Waals surface area contributed by atoms with Crippen LogP contribution in [-0.2, 0) is 21.4 Å². The van der Waals surface area contributed by atoms with Crippen LogP contribution in [0.5, 0.6) is 0 Å². The maximum atomic E-state index is 13.3. The average Bonchev–Trinajstić information content (AvgIpc) is 3.26. The van der Waals surface area contributed by atoms with Crippen LogP contribution in [0.2, 0.25) is 0 Å². The van der Waals surface area contributed by atoms with Gasteiger partial charge < -0.3 is 20.4 Å². The second kappa shape index (κ2) is 10.1. The highest BCUT2D eigenvalue weighted by atomic mass is 16.2. The van der Waals surface area contributed by atoms with Gasteiger partial charge in [-0.25, -0.2) is 0 Å². The minimum Gasteiger partial charge on any atom is -0.351 e. The fourth-order valence-electron chi connectivity index (χ4n) is 5.75. The number of likely N-dealkylation sites (tertiary alicyclic amines) is 2. The van der Waals surface area contributed by atoms with Crippen molar-refractivity contribution in [2.24, 2.45) is 18.4 Å². The average molecular weight is 473 g/mol. The Morgan fingerprint density at radius 2 is 1.82 bits per heavy atom. The molecule has 186 valence electrons. The third kappa shape index (κ3) is 5.10. The van der Waals surface area contributed by atoms with Gasteiger partial charge in [0.25, 0.3) is 5.91 Å². The predicted octanol–water partition coefficient (Wildman–Crippen LogP) is 0.686. The van der Waals surface area contributed by atoms with E-state index < -0.39 is 5.41 Å². The van der Waals surface area contributed by atoms with Gasteiger partial charge in [0.15, 0.2) is 0 Å². The van der Waals surface area contributed by atoms with Gasteiger partial charge in [0.05, 0.1) is 12.0 Å². The fraction of sp³-hybridized carbons (Fsp3) is 0.708. The van der Waals surface area contributed by atoms with E-state index in [1.54, 1.807) is 35.8 Å². The largest absolute Gasteiger partial charge is 0.351 e. The lowest BCUT2D eigenvalue weighted by atomic mass is 9.73. The van der Waals surface area contributed by atoms with E-state index in [0.29, 0.717) is 44.7 Å². The van der Waals surface area contributed by atoms with Gasteiger partial charge in [-0.15, -0.1) is 0 Å². The molecule has 0 bridgehead atoms. The number of fused-ring (bicyclic) bond motifs is 1. The first-order chi connectivity index (χ1) is 16.3. The second-order valence-corrected chi connectivity index (χ2v) is 10.0. The molecule has 0 aliphatic carbocycles. The van der Waals surface area contributed by atoms with E-state index in [4.69, 9.17) is 0 Å². The number of amides is 4. The molecule has 10 heteroatoms. The molecule has 1 spiro atoms. The maximum absolute atomic E-state index is 13.3. The van der Waals surface area contributed by atoms with Crippen LogP contribution in [0, 0.1) is 11.3 Å². The van der Waals surface area contributed by atoms with Gasteiger partial charge in [0.2, 0.25) is 17.7 Å². The number of rotatable bonds is 1. The molecule has 3 aliphatic rings. The molecule has 2 atom stereocenters. The van der Waals surface area contributed by atoms with E-state index in [1.165, 1.54) is 0 Å². The molecular formula is C24H36N6O4. The lowest BCUT2D eigenvalue weighted by Crippen LogP contribution is -2.55. The summed E-state index contributed by atoms with van der Waals surface area (Å²) in [7, 11) is 1.75. The molecule has 3 saturated heterocycles. The Morgan fingerprint density at radius 3 is 2.50 bits per heavy atom. The normalized spacial score (nSPS) is 26.1. The van der Waals surface area contributed by atoms with Gasteiger partial charge >= 0.3 is 0 Å². The van der Waals surface area contributed by atoms with Crippen LogP contribution in [0.25, 0.3) is 0 Å². The number of carbonyl (C=O) groups is 4. The van der Waals surface area contributed by atoms with Crippen molar-refractivity contribution < 1.29 is 19.2 Å². The van der Waals surface area contributed by atoms with E-state index >= 15 is 0 Å². The molecule has 2 N–H and O–H groups in total. The van der Waals surface area contributed by atoms with Crippen molar-refractivity contribution in [3.8, 4) is 0 Å². The molecule has 0 unspecified atom stereocenters. The Bertz CT molecular complexity index is 936. The topological polar surface area (TPSA) is 117 Å². The lowest BCUT2D eigenvalue weighted by molar-refractivity contribution is -0.137. The molecule has 4 rings (SSSR count). The third-order valence-electron chi connectivity index (χ3n) is 7.94. The minimum atomic E-state index is -0.569. The molecular weight excluding hydrogens is 436 g/mol. The summed E-state index contributed by atoms with van der Waals surface area (Å²) in [5.41, 5.74) is -0.0301. The molecule has 34 heavy (non-hydrogen) atoms. The van der Waals surface area contributed by atoms with Gasteiger partial charge in [-0.1, -0.05) is 12.8 Å². The van der Waals surface area contributed by atoms with Crippen LogP contribution in [0.3, 0.4) is 0 Å². The van der Waals surface area contributed by atoms with Crippen molar-refractivity contribution in [1.29, 1.82) is 0 Å². The zero-order valence-corrected chi connectivity index (χ0v) is 20.2. The quantitative estimate of drug-likeness (QED) is 0.624. The number of hydrogen-bond acceptors (Lipinski definition) is 5. The first kappa shape index (κ1) is 24.2.